The van der Waals surface area contributed by atoms with Crippen molar-refractivity contribution in [1.82, 2.24) is 9.88 Å². The van der Waals surface area contributed by atoms with Gasteiger partial charge in [-0.1, -0.05) is 17.7 Å². The van der Waals surface area contributed by atoms with E-state index in [1.165, 1.54) is 18.4 Å². The number of allylic oxidation sites excluding steroid dienone is 1. The number of rotatable bonds is 6. The van der Waals surface area contributed by atoms with Crippen LogP contribution in [0, 0.1) is 11.3 Å². The van der Waals surface area contributed by atoms with E-state index in [-0.39, 0.29) is 11.3 Å². The molecule has 1 aliphatic carbocycles. The van der Waals surface area contributed by atoms with Gasteiger partial charge in [0.1, 0.15) is 0 Å². The number of hydrogen-bond donors (Lipinski definition) is 0. The molecular weight excluding hydrogens is 328 g/mol. The van der Waals surface area contributed by atoms with Gasteiger partial charge in [-0.15, -0.1) is 0 Å². The van der Waals surface area contributed by atoms with Crippen LogP contribution in [0.15, 0.2) is 36.2 Å². The van der Waals surface area contributed by atoms with Crippen molar-refractivity contribution in [2.24, 2.45) is 11.3 Å². The zero-order chi connectivity index (χ0) is 17.8. The summed E-state index contributed by atoms with van der Waals surface area (Å²) in [5, 5.41) is 0. The van der Waals surface area contributed by atoms with Crippen molar-refractivity contribution in [3.05, 3.63) is 41.7 Å². The van der Waals surface area contributed by atoms with Crippen LogP contribution in [0.4, 0.5) is 0 Å². The van der Waals surface area contributed by atoms with Crippen LogP contribution in [0.3, 0.4) is 0 Å². The number of pyridine rings is 1. The van der Waals surface area contributed by atoms with Crippen molar-refractivity contribution in [3.63, 3.8) is 0 Å². The summed E-state index contributed by atoms with van der Waals surface area (Å²) < 4.78 is 11.8. The Hall–Kier alpha value is -1.72. The Labute approximate surface area is 155 Å². The molecule has 140 valence electrons. The van der Waals surface area contributed by atoms with Crippen LogP contribution in [-0.2, 0) is 20.9 Å². The third-order valence-corrected chi connectivity index (χ3v) is 6.02. The summed E-state index contributed by atoms with van der Waals surface area (Å²) in [7, 11) is 0. The predicted octanol–water partition coefficient (Wildman–Crippen LogP) is 2.96. The molecule has 5 nitrogen and oxygen atoms in total. The van der Waals surface area contributed by atoms with E-state index in [2.05, 4.69) is 16.0 Å². The standard InChI is InChI=1S/C21H28N2O3/c24-20(9-17-5-2-1-3-6-17)23-11-19-13-26-16-21(19,14-23)15-25-12-18-7-4-8-22-10-18/h4-5,7-8,10,19H,1-3,6,9,11-16H2/t19-,21-/m1/s1. The topological polar surface area (TPSA) is 51.7 Å². The lowest BCUT2D eigenvalue weighted by Crippen LogP contribution is -2.37. The fourth-order valence-electron chi connectivity index (χ4n) is 4.45. The Balaban J connectivity index is 1.33. The molecule has 3 heterocycles. The number of aromatic nitrogens is 1. The highest BCUT2D eigenvalue weighted by Gasteiger charge is 2.51. The molecule has 2 atom stereocenters. The first-order valence-electron chi connectivity index (χ1n) is 9.75. The molecule has 3 aliphatic rings. The van der Waals surface area contributed by atoms with Crippen LogP contribution in [0.25, 0.3) is 0 Å². The number of nitrogens with zero attached hydrogens (tertiary/aromatic N) is 2. The highest BCUT2D eigenvalue weighted by atomic mass is 16.5. The van der Waals surface area contributed by atoms with E-state index in [1.54, 1.807) is 6.20 Å². The SMILES string of the molecule is O=C(CC1=CCCCC1)N1C[C@@H]2COC[C@]2(COCc2cccnc2)C1. The highest BCUT2D eigenvalue weighted by Crippen LogP contribution is 2.42. The van der Waals surface area contributed by atoms with Gasteiger partial charge >= 0.3 is 0 Å². The van der Waals surface area contributed by atoms with E-state index in [1.807, 2.05) is 18.3 Å². The van der Waals surface area contributed by atoms with Gasteiger partial charge in [-0.2, -0.15) is 0 Å². The molecule has 0 bridgehead atoms. The van der Waals surface area contributed by atoms with Crippen molar-refractivity contribution in [2.45, 2.75) is 38.7 Å². The molecule has 2 aliphatic heterocycles. The van der Waals surface area contributed by atoms with Crippen LogP contribution >= 0.6 is 0 Å². The van der Waals surface area contributed by atoms with Gasteiger partial charge in [-0.3, -0.25) is 9.78 Å². The largest absolute Gasteiger partial charge is 0.380 e. The molecule has 5 heteroatoms. The van der Waals surface area contributed by atoms with Crippen LogP contribution < -0.4 is 0 Å². The van der Waals surface area contributed by atoms with Gasteiger partial charge in [-0.25, -0.2) is 0 Å². The van der Waals surface area contributed by atoms with Gasteiger partial charge in [0.25, 0.3) is 0 Å². The fourth-order valence-corrected chi connectivity index (χ4v) is 4.45. The number of likely N-dealkylation sites (tertiary alicyclic amines) is 1. The quantitative estimate of drug-likeness (QED) is 0.736. The number of fused-ring (bicyclic) bond motifs is 1. The fraction of sp³-hybridized carbons (Fsp3) is 0.619. The minimum Gasteiger partial charge on any atom is -0.380 e. The maximum Gasteiger partial charge on any atom is 0.226 e. The summed E-state index contributed by atoms with van der Waals surface area (Å²) in [6, 6.07) is 3.95. The molecule has 0 radical (unpaired) electrons. The first kappa shape index (κ1) is 17.7. The van der Waals surface area contributed by atoms with Crippen molar-refractivity contribution in [3.8, 4) is 0 Å². The van der Waals surface area contributed by atoms with Gasteiger partial charge in [0.05, 0.1) is 26.4 Å². The molecule has 1 aromatic rings. The Morgan fingerprint density at radius 2 is 2.38 bits per heavy atom. The van der Waals surface area contributed by atoms with Gasteiger partial charge in [0.15, 0.2) is 0 Å². The molecule has 0 unspecified atom stereocenters. The molecule has 2 saturated heterocycles. The first-order chi connectivity index (χ1) is 12.8. The lowest BCUT2D eigenvalue weighted by molar-refractivity contribution is -0.130. The molecule has 0 N–H and O–H groups in total. The maximum atomic E-state index is 12.8. The molecule has 4 rings (SSSR count). The van der Waals surface area contributed by atoms with Gasteiger partial charge in [0.2, 0.25) is 5.91 Å². The molecular formula is C21H28N2O3. The second-order valence-corrected chi connectivity index (χ2v) is 7.99. The van der Waals surface area contributed by atoms with E-state index in [0.29, 0.717) is 32.2 Å². The molecule has 0 spiro atoms. The van der Waals surface area contributed by atoms with Crippen LogP contribution in [0.1, 0.15) is 37.7 Å². The number of ether oxygens (including phenoxy) is 2. The summed E-state index contributed by atoms with van der Waals surface area (Å²) in [6.45, 7) is 4.20. The molecule has 0 aromatic carbocycles. The van der Waals surface area contributed by atoms with E-state index < -0.39 is 0 Å². The second kappa shape index (κ2) is 7.89. The van der Waals surface area contributed by atoms with Crippen molar-refractivity contribution >= 4 is 5.91 Å². The van der Waals surface area contributed by atoms with Crippen LogP contribution in [-0.4, -0.2) is 48.7 Å². The Morgan fingerprint density at radius 1 is 1.42 bits per heavy atom. The van der Waals surface area contributed by atoms with Gasteiger partial charge in [-0.05, 0) is 37.3 Å². The second-order valence-electron chi connectivity index (χ2n) is 7.99. The third-order valence-electron chi connectivity index (χ3n) is 6.02. The number of amides is 1. The Morgan fingerprint density at radius 3 is 3.19 bits per heavy atom. The predicted molar refractivity (Wildman–Crippen MR) is 98.4 cm³/mol. The molecule has 26 heavy (non-hydrogen) atoms. The Bertz CT molecular complexity index is 660. The Kier molecular flexibility index (Phi) is 5.36. The van der Waals surface area contributed by atoms with E-state index in [9.17, 15) is 4.79 Å². The third kappa shape index (κ3) is 3.84. The number of carbonyl (C=O) groups is 1. The smallest absolute Gasteiger partial charge is 0.226 e. The highest BCUT2D eigenvalue weighted by molar-refractivity contribution is 5.79. The van der Waals surface area contributed by atoms with Crippen LogP contribution in [0.2, 0.25) is 0 Å². The summed E-state index contributed by atoms with van der Waals surface area (Å²) in [5.41, 5.74) is 2.37. The average molecular weight is 356 g/mol. The van der Waals surface area contributed by atoms with Gasteiger partial charge < -0.3 is 14.4 Å². The number of carbonyl (C=O) groups excluding carboxylic acids is 1. The summed E-state index contributed by atoms with van der Waals surface area (Å²) in [6.07, 6.45) is 11.2. The zero-order valence-electron chi connectivity index (χ0n) is 15.4. The monoisotopic (exact) mass is 356 g/mol. The molecule has 2 fully saturated rings. The summed E-state index contributed by atoms with van der Waals surface area (Å²) >= 11 is 0. The van der Waals surface area contributed by atoms with E-state index in [4.69, 9.17) is 9.47 Å². The minimum absolute atomic E-state index is 0.0428. The van der Waals surface area contributed by atoms with E-state index >= 15 is 0 Å². The molecule has 1 amide bonds. The zero-order valence-corrected chi connectivity index (χ0v) is 15.4. The summed E-state index contributed by atoms with van der Waals surface area (Å²) in [4.78, 5) is 19.0. The average Bonchev–Trinajstić information content (AvgIpc) is 3.21. The van der Waals surface area contributed by atoms with Gasteiger partial charge in [0, 0.05) is 43.2 Å². The maximum absolute atomic E-state index is 12.8. The van der Waals surface area contributed by atoms with Crippen molar-refractivity contribution in [2.75, 3.05) is 32.9 Å². The minimum atomic E-state index is -0.0428. The van der Waals surface area contributed by atoms with Crippen molar-refractivity contribution in [1.29, 1.82) is 0 Å². The van der Waals surface area contributed by atoms with E-state index in [0.717, 1.165) is 38.1 Å². The molecule has 0 saturated carbocycles. The van der Waals surface area contributed by atoms with Crippen molar-refractivity contribution < 1.29 is 14.3 Å². The lowest BCUT2D eigenvalue weighted by atomic mass is 9.82. The number of hydrogen-bond acceptors (Lipinski definition) is 4. The summed E-state index contributed by atoms with van der Waals surface area (Å²) in [5.74, 6) is 0.667. The molecule has 1 aromatic heterocycles. The lowest BCUT2D eigenvalue weighted by Gasteiger charge is -2.27. The first-order valence-corrected chi connectivity index (χ1v) is 9.75. The normalized spacial score (nSPS) is 28.1. The van der Waals surface area contributed by atoms with Crippen LogP contribution in [0.5, 0.6) is 0 Å².